The third kappa shape index (κ3) is 2.84. The van der Waals surface area contributed by atoms with E-state index in [1.165, 1.54) is 6.07 Å². The summed E-state index contributed by atoms with van der Waals surface area (Å²) in [4.78, 5) is 18.4. The molecule has 1 aromatic carbocycles. The predicted octanol–water partition coefficient (Wildman–Crippen LogP) is 3.01. The van der Waals surface area contributed by atoms with Gasteiger partial charge in [0.15, 0.2) is 0 Å². The standard InChI is InChI=1S/C16H20FN3OS/c1-11-18-14-4-3-12(17)9-15(14)20(11)13-5-7-19(8-6-13)16(21)10-22-2/h3-4,9,13H,5-8,10H2,1-2H3. The number of likely N-dealkylation sites (tertiary alicyclic amines) is 1. The van der Waals surface area contributed by atoms with Crippen LogP contribution in [-0.2, 0) is 4.79 Å². The Bertz CT molecular complexity index is 692. The summed E-state index contributed by atoms with van der Waals surface area (Å²) in [5.41, 5.74) is 1.69. The van der Waals surface area contributed by atoms with E-state index in [9.17, 15) is 9.18 Å². The number of hydrogen-bond donors (Lipinski definition) is 0. The van der Waals surface area contributed by atoms with Crippen molar-refractivity contribution in [2.45, 2.75) is 25.8 Å². The van der Waals surface area contributed by atoms with Crippen molar-refractivity contribution in [1.82, 2.24) is 14.5 Å². The summed E-state index contributed by atoms with van der Waals surface area (Å²) in [6.45, 7) is 3.49. The Morgan fingerprint density at radius 1 is 1.41 bits per heavy atom. The van der Waals surface area contributed by atoms with Gasteiger partial charge in [0, 0.05) is 19.1 Å². The van der Waals surface area contributed by atoms with Gasteiger partial charge in [0.05, 0.1) is 16.8 Å². The zero-order valence-electron chi connectivity index (χ0n) is 12.9. The maximum absolute atomic E-state index is 13.5. The smallest absolute Gasteiger partial charge is 0.232 e. The fourth-order valence-corrected chi connectivity index (χ4v) is 3.67. The van der Waals surface area contributed by atoms with Gasteiger partial charge in [-0.1, -0.05) is 0 Å². The molecule has 1 saturated heterocycles. The van der Waals surface area contributed by atoms with Crippen molar-refractivity contribution in [3.05, 3.63) is 29.8 Å². The summed E-state index contributed by atoms with van der Waals surface area (Å²) in [5.74, 6) is 1.43. The molecular weight excluding hydrogens is 301 g/mol. The highest BCUT2D eigenvalue weighted by Crippen LogP contribution is 2.29. The number of halogens is 1. The average Bonchev–Trinajstić information content (AvgIpc) is 2.83. The lowest BCUT2D eigenvalue weighted by Gasteiger charge is -2.33. The number of carbonyl (C=O) groups is 1. The van der Waals surface area contributed by atoms with Crippen molar-refractivity contribution < 1.29 is 9.18 Å². The van der Waals surface area contributed by atoms with E-state index >= 15 is 0 Å². The molecule has 0 atom stereocenters. The number of hydrogen-bond acceptors (Lipinski definition) is 3. The number of aryl methyl sites for hydroxylation is 1. The van der Waals surface area contributed by atoms with Crippen LogP contribution >= 0.6 is 11.8 Å². The van der Waals surface area contributed by atoms with Gasteiger partial charge in [-0.3, -0.25) is 4.79 Å². The van der Waals surface area contributed by atoms with E-state index in [0.717, 1.165) is 42.8 Å². The van der Waals surface area contributed by atoms with E-state index in [1.807, 2.05) is 18.1 Å². The van der Waals surface area contributed by atoms with Crippen LogP contribution in [0.1, 0.15) is 24.7 Å². The van der Waals surface area contributed by atoms with E-state index in [0.29, 0.717) is 5.75 Å². The number of amides is 1. The molecule has 3 rings (SSSR count). The number of fused-ring (bicyclic) bond motifs is 1. The molecule has 1 aliphatic rings. The van der Waals surface area contributed by atoms with Crippen molar-refractivity contribution in [2.75, 3.05) is 25.1 Å². The first-order valence-electron chi connectivity index (χ1n) is 7.51. The Kier molecular flexibility index (Phi) is 4.38. The van der Waals surface area contributed by atoms with Gasteiger partial charge in [-0.15, -0.1) is 0 Å². The highest BCUT2D eigenvalue weighted by Gasteiger charge is 2.25. The average molecular weight is 321 g/mol. The Hall–Kier alpha value is -1.56. The van der Waals surface area contributed by atoms with Gasteiger partial charge in [-0.05, 0) is 44.2 Å². The maximum atomic E-state index is 13.5. The van der Waals surface area contributed by atoms with Gasteiger partial charge in [-0.25, -0.2) is 9.37 Å². The van der Waals surface area contributed by atoms with Crippen LogP contribution in [0.5, 0.6) is 0 Å². The fourth-order valence-electron chi connectivity index (χ4n) is 3.24. The van der Waals surface area contributed by atoms with Crippen LogP contribution in [0.2, 0.25) is 0 Å². The van der Waals surface area contributed by atoms with Crippen LogP contribution in [0.4, 0.5) is 4.39 Å². The van der Waals surface area contributed by atoms with Crippen LogP contribution in [0.15, 0.2) is 18.2 Å². The molecule has 1 aromatic heterocycles. The summed E-state index contributed by atoms with van der Waals surface area (Å²) in [6.07, 6.45) is 3.73. The topological polar surface area (TPSA) is 38.1 Å². The van der Waals surface area contributed by atoms with Crippen molar-refractivity contribution >= 4 is 28.7 Å². The summed E-state index contributed by atoms with van der Waals surface area (Å²) in [6, 6.07) is 5.01. The Labute approximate surface area is 133 Å². The van der Waals surface area contributed by atoms with Gasteiger partial charge >= 0.3 is 0 Å². The summed E-state index contributed by atoms with van der Waals surface area (Å²) in [7, 11) is 0. The summed E-state index contributed by atoms with van der Waals surface area (Å²) < 4.78 is 15.7. The second-order valence-electron chi connectivity index (χ2n) is 5.71. The molecule has 0 aliphatic carbocycles. The first kappa shape index (κ1) is 15.3. The van der Waals surface area contributed by atoms with E-state index in [-0.39, 0.29) is 17.8 Å². The Balaban J connectivity index is 1.80. The molecule has 4 nitrogen and oxygen atoms in total. The molecular formula is C16H20FN3OS. The first-order valence-corrected chi connectivity index (χ1v) is 8.90. The van der Waals surface area contributed by atoms with Crippen LogP contribution in [0, 0.1) is 12.7 Å². The molecule has 0 unspecified atom stereocenters. The first-order chi connectivity index (χ1) is 10.6. The number of thioether (sulfide) groups is 1. The molecule has 0 spiro atoms. The number of aromatic nitrogens is 2. The van der Waals surface area contributed by atoms with Crippen molar-refractivity contribution in [3.8, 4) is 0 Å². The lowest BCUT2D eigenvalue weighted by molar-refractivity contribution is -0.129. The lowest BCUT2D eigenvalue weighted by Crippen LogP contribution is -2.40. The number of nitrogens with zero attached hydrogens (tertiary/aromatic N) is 3. The minimum atomic E-state index is -0.235. The third-order valence-electron chi connectivity index (χ3n) is 4.28. The quantitative estimate of drug-likeness (QED) is 0.872. The van der Waals surface area contributed by atoms with Gasteiger partial charge in [-0.2, -0.15) is 11.8 Å². The normalized spacial score (nSPS) is 16.4. The van der Waals surface area contributed by atoms with E-state index in [1.54, 1.807) is 23.9 Å². The molecule has 0 N–H and O–H groups in total. The molecule has 0 radical (unpaired) electrons. The molecule has 22 heavy (non-hydrogen) atoms. The molecule has 1 amide bonds. The predicted molar refractivity (Wildman–Crippen MR) is 87.7 cm³/mol. The molecule has 1 aliphatic heterocycles. The zero-order valence-corrected chi connectivity index (χ0v) is 13.7. The van der Waals surface area contributed by atoms with Gasteiger partial charge < -0.3 is 9.47 Å². The molecule has 0 bridgehead atoms. The van der Waals surface area contributed by atoms with Gasteiger partial charge in [0.25, 0.3) is 0 Å². The summed E-state index contributed by atoms with van der Waals surface area (Å²) in [5, 5.41) is 0. The second-order valence-corrected chi connectivity index (χ2v) is 6.57. The number of piperidine rings is 1. The molecule has 0 saturated carbocycles. The number of carbonyl (C=O) groups excluding carboxylic acids is 1. The van der Waals surface area contributed by atoms with Crippen LogP contribution < -0.4 is 0 Å². The largest absolute Gasteiger partial charge is 0.342 e. The van der Waals surface area contributed by atoms with Crippen molar-refractivity contribution in [2.24, 2.45) is 0 Å². The van der Waals surface area contributed by atoms with Crippen LogP contribution in [-0.4, -0.2) is 45.5 Å². The van der Waals surface area contributed by atoms with E-state index < -0.39 is 0 Å². The minimum Gasteiger partial charge on any atom is -0.342 e. The molecule has 2 aromatic rings. The second kappa shape index (κ2) is 6.28. The molecule has 1 fully saturated rings. The molecule has 6 heteroatoms. The zero-order chi connectivity index (χ0) is 15.7. The van der Waals surface area contributed by atoms with Gasteiger partial charge in [0.1, 0.15) is 11.6 Å². The number of imidazole rings is 1. The number of benzene rings is 1. The monoisotopic (exact) mass is 321 g/mol. The highest BCUT2D eigenvalue weighted by molar-refractivity contribution is 7.99. The number of rotatable bonds is 3. The molecule has 2 heterocycles. The SMILES string of the molecule is CSCC(=O)N1CCC(n2c(C)nc3ccc(F)cc32)CC1. The fraction of sp³-hybridized carbons (Fsp3) is 0.500. The Morgan fingerprint density at radius 2 is 2.14 bits per heavy atom. The highest BCUT2D eigenvalue weighted by atomic mass is 32.2. The van der Waals surface area contributed by atoms with Crippen LogP contribution in [0.3, 0.4) is 0 Å². The lowest BCUT2D eigenvalue weighted by atomic mass is 10.0. The minimum absolute atomic E-state index is 0.212. The maximum Gasteiger partial charge on any atom is 0.232 e. The third-order valence-corrected chi connectivity index (χ3v) is 4.81. The summed E-state index contributed by atoms with van der Waals surface area (Å²) >= 11 is 1.56. The van der Waals surface area contributed by atoms with Crippen molar-refractivity contribution in [3.63, 3.8) is 0 Å². The van der Waals surface area contributed by atoms with Crippen LogP contribution in [0.25, 0.3) is 11.0 Å². The van der Waals surface area contributed by atoms with Crippen molar-refractivity contribution in [1.29, 1.82) is 0 Å². The van der Waals surface area contributed by atoms with Gasteiger partial charge in [0.2, 0.25) is 5.91 Å². The molecule has 118 valence electrons. The Morgan fingerprint density at radius 3 is 2.82 bits per heavy atom. The van der Waals surface area contributed by atoms with E-state index in [2.05, 4.69) is 9.55 Å². The van der Waals surface area contributed by atoms with E-state index in [4.69, 9.17) is 0 Å².